The third-order valence-electron chi connectivity index (χ3n) is 20.1. The van der Waals surface area contributed by atoms with E-state index in [0.717, 1.165) is 108 Å². The van der Waals surface area contributed by atoms with Crippen molar-refractivity contribution in [2.45, 2.75) is 6.54 Å². The molecule has 0 aliphatic rings. The number of aromatic hydroxyl groups is 1. The molecule has 13 aromatic heterocycles. The Bertz CT molecular complexity index is 7000. The summed E-state index contributed by atoms with van der Waals surface area (Å²) in [6.07, 6.45) is 21.2. The SMILES string of the molecule is CN(C)Cc1ccc(-c2cnc3[nH]cc(-c4oncc4-c4cccc(F)c4F)c3c2)nc1.CN(C)c1ccc(-c2cnc3[nH]cc(-c4oncc4-c4cccc(F)c4F)c3c2)cc1.Nc1cccc(-c2cnc3[nH]cc(-c4oncc4-c4cccc(F)c4F)c3c2)c1.Oc1cccc(-c2cnc3[nH]cc(-c4oncc4-c4cccc(F)c4F)c3c2)c1. The number of nitrogens with two attached hydrogens (primary N) is 1. The van der Waals surface area contributed by atoms with Crippen LogP contribution < -0.4 is 10.6 Å². The van der Waals surface area contributed by atoms with Crippen molar-refractivity contribution in [3.8, 4) is 140 Å². The van der Waals surface area contributed by atoms with Gasteiger partial charge in [0.2, 0.25) is 0 Å². The number of halogens is 8. The molecule has 0 spiro atoms. The van der Waals surface area contributed by atoms with E-state index < -0.39 is 46.5 Å². The van der Waals surface area contributed by atoms with Gasteiger partial charge in [0.1, 0.15) is 28.3 Å². The van der Waals surface area contributed by atoms with Gasteiger partial charge in [-0.2, -0.15) is 0 Å². The highest BCUT2D eigenvalue weighted by Gasteiger charge is 2.27. The average molecular weight is 1630 g/mol. The number of nitrogens with zero attached hydrogens (tertiary/aromatic N) is 11. The Morgan fingerprint density at radius 3 is 1.02 bits per heavy atom. The molecule has 121 heavy (non-hydrogen) atoms. The molecule has 20 rings (SSSR count). The van der Waals surface area contributed by atoms with Crippen molar-refractivity contribution in [1.29, 1.82) is 0 Å². The second-order valence-electron chi connectivity index (χ2n) is 28.4. The molecule has 13 heterocycles. The van der Waals surface area contributed by atoms with Crippen LogP contribution in [0.3, 0.4) is 0 Å². The van der Waals surface area contributed by atoms with Crippen LogP contribution in [0.5, 0.6) is 5.75 Å². The van der Waals surface area contributed by atoms with Gasteiger partial charge in [-0.3, -0.25) is 4.98 Å². The highest BCUT2D eigenvalue weighted by atomic mass is 19.2. The van der Waals surface area contributed by atoms with Crippen molar-refractivity contribution in [2.24, 2.45) is 0 Å². The second kappa shape index (κ2) is 33.0. The van der Waals surface area contributed by atoms with E-state index in [0.29, 0.717) is 95.8 Å². The third-order valence-corrected chi connectivity index (χ3v) is 20.1. The van der Waals surface area contributed by atoms with Gasteiger partial charge in [0.15, 0.2) is 69.6 Å². The number of nitrogens with one attached hydrogen (secondary N) is 4. The smallest absolute Gasteiger partial charge is 0.176 e. The van der Waals surface area contributed by atoms with Gasteiger partial charge in [0.05, 0.1) is 52.7 Å². The van der Waals surface area contributed by atoms with Crippen LogP contribution in [-0.2, 0) is 6.54 Å². The highest BCUT2D eigenvalue weighted by Crippen LogP contribution is 2.44. The maximum atomic E-state index is 14.4. The van der Waals surface area contributed by atoms with E-state index >= 15 is 0 Å². The lowest BCUT2D eigenvalue weighted by atomic mass is 10.0. The van der Waals surface area contributed by atoms with Crippen LogP contribution >= 0.6 is 0 Å². The lowest BCUT2D eigenvalue weighted by Crippen LogP contribution is -2.10. The van der Waals surface area contributed by atoms with Crippen LogP contribution in [0.25, 0.3) is 179 Å². The van der Waals surface area contributed by atoms with E-state index in [-0.39, 0.29) is 28.0 Å². The molecule has 29 heteroatoms. The third kappa shape index (κ3) is 15.6. The molecule has 0 aliphatic carbocycles. The Kier molecular flexibility index (Phi) is 21.2. The summed E-state index contributed by atoms with van der Waals surface area (Å²) in [6.45, 7) is 0.803. The first-order chi connectivity index (χ1) is 58.8. The van der Waals surface area contributed by atoms with Crippen molar-refractivity contribution in [2.75, 3.05) is 38.8 Å². The van der Waals surface area contributed by atoms with Gasteiger partial charge in [0, 0.05) is 176 Å². The quantitative estimate of drug-likeness (QED) is 0.0411. The van der Waals surface area contributed by atoms with Crippen LogP contribution in [0.4, 0.5) is 46.5 Å². The number of anilines is 2. The minimum Gasteiger partial charge on any atom is -0.508 e. The number of fused-ring (bicyclic) bond motifs is 4. The number of rotatable bonds is 15. The number of aromatic nitrogens is 13. The van der Waals surface area contributed by atoms with Crippen LogP contribution in [0.15, 0.2) is 281 Å². The van der Waals surface area contributed by atoms with E-state index in [2.05, 4.69) is 70.4 Å². The first-order valence-electron chi connectivity index (χ1n) is 37.3. The summed E-state index contributed by atoms with van der Waals surface area (Å²) in [4.78, 5) is 38.9. The summed E-state index contributed by atoms with van der Waals surface area (Å²) in [5.74, 6) is -6.07. The summed E-state index contributed by atoms with van der Waals surface area (Å²) >= 11 is 0. The standard InChI is InChI=1S/C24H19F2N5O.C24H18F2N4O.C22H14F2N4O.C22H13F2N3O2/c1-31(2)13-14-6-7-21(27-9-14)15-8-17-18(11-29-24(17)28-10-15)23-19(12-30-32-23)16-4-3-5-20(25)22(16)26;1-30(2)16-8-6-14(7-9-16)15-10-18-19(12-28-24(18)27-11-15)23-20(13-29-31-23)17-4-3-5-21(25)22(17)26;23-19-6-2-5-15(20(19)24)18-11-28-29-21(18)17-10-27-22-16(17)8-13(9-26-22)12-3-1-4-14(25)7-12;23-19-6-2-5-15(20(19)24)18-11-27-29-21(18)17-10-26-22-16(17)8-13(9-25-22)12-3-1-4-14(28)7-12/h3-12H,13H2,1-2H3,(H,28,29);3-13H,1-2H3,(H,27,28);1-11H,25H2,(H,26,27);1-11,28H,(H,25,26). The Hall–Kier alpha value is -15.9. The van der Waals surface area contributed by atoms with Crippen LogP contribution in [0, 0.1) is 46.5 Å². The molecule has 0 unspecified atom stereocenters. The van der Waals surface area contributed by atoms with Gasteiger partial charge < -0.3 is 58.7 Å². The zero-order valence-electron chi connectivity index (χ0n) is 64.1. The number of phenolic OH excluding ortho intramolecular Hbond substituents is 1. The van der Waals surface area contributed by atoms with E-state index in [9.17, 15) is 40.2 Å². The Balaban J connectivity index is 0.000000115. The maximum Gasteiger partial charge on any atom is 0.176 e. The fourth-order valence-corrected chi connectivity index (χ4v) is 14.1. The van der Waals surface area contributed by atoms with Gasteiger partial charge in [0.25, 0.3) is 0 Å². The van der Waals surface area contributed by atoms with Gasteiger partial charge >= 0.3 is 0 Å². The van der Waals surface area contributed by atoms with Gasteiger partial charge in [-0.15, -0.1) is 0 Å². The van der Waals surface area contributed by atoms with Crippen molar-refractivity contribution in [3.63, 3.8) is 0 Å². The fourth-order valence-electron chi connectivity index (χ4n) is 14.1. The Morgan fingerprint density at radius 1 is 0.322 bits per heavy atom. The molecule has 598 valence electrons. The van der Waals surface area contributed by atoms with Crippen molar-refractivity contribution in [3.05, 3.63) is 315 Å². The Morgan fingerprint density at radius 2 is 0.669 bits per heavy atom. The number of benzene rings is 7. The van der Waals surface area contributed by atoms with Gasteiger partial charge in [-0.25, -0.2) is 55.1 Å². The van der Waals surface area contributed by atoms with Crippen molar-refractivity contribution in [1.82, 2.24) is 70.4 Å². The summed E-state index contributed by atoms with van der Waals surface area (Å²) in [6, 6.07) is 50.2. The minimum absolute atomic E-state index is 0.0627. The first-order valence-corrected chi connectivity index (χ1v) is 37.3. The molecule has 0 fully saturated rings. The number of aromatic amines is 4. The second-order valence-corrected chi connectivity index (χ2v) is 28.4. The van der Waals surface area contributed by atoms with Crippen LogP contribution in [0.2, 0.25) is 0 Å². The summed E-state index contributed by atoms with van der Waals surface area (Å²) < 4.78 is 134. The molecule has 20 aromatic rings. The normalized spacial score (nSPS) is 11.3. The average Bonchev–Trinajstić information content (AvgIpc) is 1.64. The molecule has 7 aromatic carbocycles. The van der Waals surface area contributed by atoms with Gasteiger partial charge in [-0.05, 0) is 127 Å². The monoisotopic (exact) mass is 1620 g/mol. The number of pyridine rings is 5. The van der Waals surface area contributed by atoms with Gasteiger partial charge in [-0.1, -0.05) is 112 Å². The Labute approximate surface area is 681 Å². The van der Waals surface area contributed by atoms with Crippen molar-refractivity contribution < 1.29 is 58.3 Å². The molecule has 7 N–H and O–H groups in total. The van der Waals surface area contributed by atoms with Crippen LogP contribution in [-0.4, -0.2) is 104 Å². The number of hydrogen-bond acceptors (Lipinski definition) is 17. The lowest BCUT2D eigenvalue weighted by molar-refractivity contribution is 0.402. The largest absolute Gasteiger partial charge is 0.508 e. The summed E-state index contributed by atoms with van der Waals surface area (Å²) in [7, 11) is 8.00. The number of hydrogen-bond donors (Lipinski definition) is 6. The molecule has 0 atom stereocenters. The zero-order chi connectivity index (χ0) is 83.7. The predicted octanol–water partition coefficient (Wildman–Crippen LogP) is 22.1. The maximum absolute atomic E-state index is 14.4. The molecule has 0 saturated heterocycles. The van der Waals surface area contributed by atoms with E-state index in [1.54, 1.807) is 67.8 Å². The lowest BCUT2D eigenvalue weighted by Gasteiger charge is -2.12. The number of phenols is 1. The van der Waals surface area contributed by atoms with Crippen molar-refractivity contribution >= 4 is 55.5 Å². The van der Waals surface area contributed by atoms with Crippen LogP contribution in [0.1, 0.15) is 5.56 Å². The molecular weight excluding hydrogens is 1560 g/mol. The van der Waals surface area contributed by atoms with E-state index in [4.69, 9.17) is 23.8 Å². The molecule has 21 nitrogen and oxygen atoms in total. The molecule has 0 aliphatic heterocycles. The molecule has 0 saturated carbocycles. The summed E-state index contributed by atoms with van der Waals surface area (Å²) in [5, 5.41) is 28.1. The fraction of sp³-hybridized carbons (Fsp3) is 0.0543. The zero-order valence-corrected chi connectivity index (χ0v) is 64.1. The molecular formula is C92H64F8N16O5. The van der Waals surface area contributed by atoms with E-state index in [1.165, 1.54) is 73.3 Å². The van der Waals surface area contributed by atoms with E-state index in [1.807, 2.05) is 130 Å². The topological polar surface area (TPSA) is 284 Å². The number of nitrogen functional groups attached to an aromatic ring is 1. The summed E-state index contributed by atoms with van der Waals surface area (Å²) in [5.41, 5.74) is 22.5. The molecule has 0 amide bonds. The molecule has 0 bridgehead atoms. The predicted molar refractivity (Wildman–Crippen MR) is 445 cm³/mol. The highest BCUT2D eigenvalue weighted by molar-refractivity contribution is 6.02. The first kappa shape index (κ1) is 77.7. The molecule has 0 radical (unpaired) electrons. The minimum atomic E-state index is -0.963. The number of H-pyrrole nitrogens is 4.